The summed E-state index contributed by atoms with van der Waals surface area (Å²) < 4.78 is 52.6. The van der Waals surface area contributed by atoms with Gasteiger partial charge in [0.2, 0.25) is 5.91 Å². The zero-order valence-corrected chi connectivity index (χ0v) is 13.5. The number of aromatic nitrogens is 2. The molecular formula is C13H10F2N4O3S2. The van der Waals surface area contributed by atoms with Crippen LogP contribution in [0.15, 0.2) is 40.9 Å². The molecule has 0 aliphatic carbocycles. The van der Waals surface area contributed by atoms with Crippen molar-refractivity contribution in [3.63, 3.8) is 0 Å². The summed E-state index contributed by atoms with van der Waals surface area (Å²) in [5, 5.41) is 1.82. The highest BCUT2D eigenvalue weighted by Crippen LogP contribution is 2.17. The molecule has 3 rings (SSSR count). The lowest BCUT2D eigenvalue weighted by Gasteiger charge is -2.09. The number of amides is 1. The lowest BCUT2D eigenvalue weighted by Crippen LogP contribution is -2.42. The van der Waals surface area contributed by atoms with Gasteiger partial charge in [0.15, 0.2) is 9.86 Å². The third-order valence-corrected chi connectivity index (χ3v) is 5.07. The summed E-state index contributed by atoms with van der Waals surface area (Å²) in [4.78, 5) is 17.1. The van der Waals surface area contributed by atoms with Crippen LogP contribution in [0.4, 0.5) is 8.78 Å². The Hall–Kier alpha value is -2.37. The summed E-state index contributed by atoms with van der Waals surface area (Å²) in [5.41, 5.74) is 2.33. The van der Waals surface area contributed by atoms with Crippen LogP contribution in [-0.2, 0) is 21.2 Å². The number of fused-ring (bicyclic) bond motifs is 1. The highest BCUT2D eigenvalue weighted by molar-refractivity contribution is 7.89. The summed E-state index contributed by atoms with van der Waals surface area (Å²) in [6.45, 7) is 0. The van der Waals surface area contributed by atoms with Gasteiger partial charge >= 0.3 is 0 Å². The molecule has 0 unspecified atom stereocenters. The number of hydrogen-bond donors (Lipinski definition) is 2. The second-order valence-corrected chi connectivity index (χ2v) is 7.20. The summed E-state index contributed by atoms with van der Waals surface area (Å²) in [7, 11) is -4.58. The number of thiazole rings is 1. The van der Waals surface area contributed by atoms with Crippen molar-refractivity contribution in [1.29, 1.82) is 0 Å². The quantitative estimate of drug-likeness (QED) is 0.659. The minimum atomic E-state index is -4.58. The van der Waals surface area contributed by atoms with Crippen LogP contribution in [0.3, 0.4) is 0 Å². The molecule has 24 heavy (non-hydrogen) atoms. The van der Waals surface area contributed by atoms with Crippen molar-refractivity contribution in [2.75, 3.05) is 0 Å². The lowest BCUT2D eigenvalue weighted by molar-refractivity contribution is -0.120. The fraction of sp³-hybridized carbons (Fsp3) is 0.0769. The van der Waals surface area contributed by atoms with Crippen molar-refractivity contribution in [1.82, 2.24) is 19.6 Å². The molecule has 0 spiro atoms. The number of sulfonamides is 1. The van der Waals surface area contributed by atoms with E-state index in [2.05, 4.69) is 4.98 Å². The number of rotatable bonds is 5. The molecule has 2 aromatic heterocycles. The smallest absolute Gasteiger partial charge is 0.263 e. The van der Waals surface area contributed by atoms with Crippen molar-refractivity contribution < 1.29 is 22.0 Å². The van der Waals surface area contributed by atoms with Gasteiger partial charge in [-0.25, -0.2) is 22.2 Å². The van der Waals surface area contributed by atoms with Crippen LogP contribution in [0.5, 0.6) is 0 Å². The summed E-state index contributed by atoms with van der Waals surface area (Å²) >= 11 is 1.38. The first-order valence-electron chi connectivity index (χ1n) is 6.52. The predicted molar refractivity (Wildman–Crippen MR) is 81.6 cm³/mol. The van der Waals surface area contributed by atoms with Crippen molar-refractivity contribution in [2.45, 2.75) is 11.3 Å². The maximum absolute atomic E-state index is 13.5. The molecule has 2 heterocycles. The number of carbonyl (C=O) groups excluding carboxylic acids is 1. The average Bonchev–Trinajstić information content (AvgIpc) is 3.06. The number of nitrogens with zero attached hydrogens (tertiary/aromatic N) is 2. The van der Waals surface area contributed by atoms with E-state index in [1.807, 2.05) is 10.8 Å². The Kier molecular flexibility index (Phi) is 4.30. The minimum Gasteiger partial charge on any atom is -0.297 e. The van der Waals surface area contributed by atoms with Gasteiger partial charge in [-0.05, 0) is 12.1 Å². The summed E-state index contributed by atoms with van der Waals surface area (Å²) in [6.07, 6.45) is 3.19. The van der Waals surface area contributed by atoms with Gasteiger partial charge in [0.25, 0.3) is 10.0 Å². The highest BCUT2D eigenvalue weighted by atomic mass is 32.2. The first-order chi connectivity index (χ1) is 11.4. The van der Waals surface area contributed by atoms with Crippen LogP contribution in [0.25, 0.3) is 4.96 Å². The van der Waals surface area contributed by atoms with E-state index < -0.39 is 32.5 Å². The predicted octanol–water partition coefficient (Wildman–Crippen LogP) is 1.23. The van der Waals surface area contributed by atoms with Gasteiger partial charge in [-0.2, -0.15) is 0 Å². The van der Waals surface area contributed by atoms with E-state index in [-0.39, 0.29) is 6.42 Å². The highest BCUT2D eigenvalue weighted by Gasteiger charge is 2.24. The number of hydrogen-bond acceptors (Lipinski definition) is 5. The molecule has 0 aliphatic heterocycles. The van der Waals surface area contributed by atoms with Gasteiger partial charge in [0.1, 0.15) is 11.6 Å². The van der Waals surface area contributed by atoms with Gasteiger partial charge in [0.05, 0.1) is 12.1 Å². The van der Waals surface area contributed by atoms with E-state index in [9.17, 15) is 22.0 Å². The maximum atomic E-state index is 13.5. The van der Waals surface area contributed by atoms with E-state index in [0.29, 0.717) is 10.7 Å². The average molecular weight is 372 g/mol. The maximum Gasteiger partial charge on any atom is 0.263 e. The molecule has 0 saturated carbocycles. The topological polar surface area (TPSA) is 92.6 Å². The van der Waals surface area contributed by atoms with Crippen molar-refractivity contribution in [2.24, 2.45) is 0 Å². The molecule has 7 nitrogen and oxygen atoms in total. The lowest BCUT2D eigenvalue weighted by atomic mass is 10.3. The molecule has 0 atom stereocenters. The fourth-order valence-electron chi connectivity index (χ4n) is 1.98. The molecule has 11 heteroatoms. The Labute approximate surface area is 139 Å². The first kappa shape index (κ1) is 16.5. The Balaban J connectivity index is 1.68. The number of nitrogens with one attached hydrogen (secondary N) is 2. The molecule has 1 aromatic carbocycles. The summed E-state index contributed by atoms with van der Waals surface area (Å²) in [5.74, 6) is -3.24. The van der Waals surface area contributed by atoms with Crippen molar-refractivity contribution >= 4 is 32.2 Å². The molecule has 3 aromatic rings. The molecule has 0 bridgehead atoms. The van der Waals surface area contributed by atoms with E-state index in [1.165, 1.54) is 11.3 Å². The van der Waals surface area contributed by atoms with Gasteiger partial charge in [-0.1, -0.05) is 6.07 Å². The second-order valence-electron chi connectivity index (χ2n) is 4.71. The molecule has 2 N–H and O–H groups in total. The van der Waals surface area contributed by atoms with Gasteiger partial charge < -0.3 is 0 Å². The number of benzene rings is 1. The Bertz CT molecular complexity index is 965. The molecule has 0 fully saturated rings. The van der Waals surface area contributed by atoms with Crippen molar-refractivity contribution in [3.05, 3.63) is 53.3 Å². The number of halogens is 2. The van der Waals surface area contributed by atoms with Gasteiger partial charge in [-0.3, -0.25) is 14.6 Å². The number of imidazole rings is 1. The fourth-order valence-corrected chi connectivity index (χ4v) is 3.70. The van der Waals surface area contributed by atoms with E-state index in [1.54, 1.807) is 21.6 Å². The van der Waals surface area contributed by atoms with Gasteiger partial charge in [-0.15, -0.1) is 16.2 Å². The zero-order valence-electron chi connectivity index (χ0n) is 11.9. The normalized spacial score (nSPS) is 11.8. The Morgan fingerprint density at radius 3 is 2.67 bits per heavy atom. The third kappa shape index (κ3) is 3.27. The van der Waals surface area contributed by atoms with Gasteiger partial charge in [0, 0.05) is 17.8 Å². The standard InChI is InChI=1S/C13H10F2N4O3S2/c14-9-2-1-3-10(15)12(9)24(21,22)18-17-11(20)6-8-7-19-4-5-23-13(19)16-8/h1-5,7,18H,6H2,(H,17,20). The largest absolute Gasteiger partial charge is 0.297 e. The number of hydrazine groups is 1. The SMILES string of the molecule is O=C(Cc1cn2ccsc2n1)NNS(=O)(=O)c1c(F)cccc1F. The Morgan fingerprint density at radius 1 is 1.29 bits per heavy atom. The van der Waals surface area contributed by atoms with Crippen LogP contribution in [-0.4, -0.2) is 23.7 Å². The molecule has 0 radical (unpaired) electrons. The van der Waals surface area contributed by atoms with Crippen LogP contribution in [0, 0.1) is 11.6 Å². The summed E-state index contributed by atoms with van der Waals surface area (Å²) in [6, 6.07) is 2.64. The van der Waals surface area contributed by atoms with E-state index in [0.717, 1.165) is 18.2 Å². The third-order valence-electron chi connectivity index (χ3n) is 3.00. The van der Waals surface area contributed by atoms with Crippen LogP contribution < -0.4 is 10.3 Å². The van der Waals surface area contributed by atoms with Crippen LogP contribution in [0.2, 0.25) is 0 Å². The minimum absolute atomic E-state index is 0.198. The molecule has 1 amide bonds. The molecule has 0 aliphatic rings. The van der Waals surface area contributed by atoms with E-state index in [4.69, 9.17) is 0 Å². The van der Waals surface area contributed by atoms with E-state index >= 15 is 0 Å². The molecule has 0 saturated heterocycles. The first-order valence-corrected chi connectivity index (χ1v) is 8.89. The van der Waals surface area contributed by atoms with Crippen LogP contribution in [0.1, 0.15) is 5.69 Å². The zero-order chi connectivity index (χ0) is 17.3. The number of carbonyl (C=O) groups is 1. The molecule has 126 valence electrons. The second kappa shape index (κ2) is 6.26. The van der Waals surface area contributed by atoms with Crippen LogP contribution >= 0.6 is 11.3 Å². The molecular weight excluding hydrogens is 362 g/mol. The van der Waals surface area contributed by atoms with Crippen molar-refractivity contribution in [3.8, 4) is 0 Å². The monoisotopic (exact) mass is 372 g/mol. The Morgan fingerprint density at radius 2 is 2.00 bits per heavy atom.